The molecule has 0 aliphatic carbocycles. The van der Waals surface area contributed by atoms with E-state index in [1.54, 1.807) is 0 Å². The Balaban J connectivity index is 4.63. The Morgan fingerprint density at radius 2 is 0.875 bits per heavy atom. The van der Waals surface area contributed by atoms with Gasteiger partial charge in [0.15, 0.2) is 0 Å². The van der Waals surface area contributed by atoms with Gasteiger partial charge in [-0.2, -0.15) is 0 Å². The van der Waals surface area contributed by atoms with Crippen molar-refractivity contribution < 1.29 is 19.1 Å². The number of carbonyl (C=O) groups excluding carboxylic acids is 2. The molecule has 0 spiro atoms. The number of hydrogen-bond acceptors (Lipinski definition) is 4. The zero-order chi connectivity index (χ0) is 19.4. The van der Waals surface area contributed by atoms with Crippen molar-refractivity contribution in [1.82, 2.24) is 0 Å². The fourth-order valence-corrected chi connectivity index (χ4v) is 3.38. The van der Waals surface area contributed by atoms with Gasteiger partial charge in [-0.05, 0) is 51.4 Å². The number of hydrogen-bond donors (Lipinski definition) is 0. The summed E-state index contributed by atoms with van der Waals surface area (Å²) in [7, 11) is 0. The van der Waals surface area contributed by atoms with Crippen LogP contribution < -0.4 is 0 Å². The average Bonchev–Trinajstić information content (AvgIpc) is 2.17. The van der Waals surface area contributed by atoms with Crippen molar-refractivity contribution in [1.29, 1.82) is 0 Å². The second kappa shape index (κ2) is 7.71. The summed E-state index contributed by atoms with van der Waals surface area (Å²) in [4.78, 5) is 23.9. The van der Waals surface area contributed by atoms with Crippen LogP contribution in [0, 0.1) is 10.8 Å². The maximum Gasteiger partial charge on any atom is 0.331 e. The van der Waals surface area contributed by atoms with Crippen molar-refractivity contribution in [2.45, 2.75) is 93.3 Å². The minimum absolute atomic E-state index is 0.0450. The second-order valence-corrected chi connectivity index (χ2v) is 10.2. The van der Waals surface area contributed by atoms with Crippen molar-refractivity contribution in [3.8, 4) is 0 Å². The lowest BCUT2D eigenvalue weighted by atomic mass is 9.83. The molecule has 0 bridgehead atoms. The third-order valence-electron chi connectivity index (χ3n) is 3.02. The van der Waals surface area contributed by atoms with Crippen LogP contribution in [0.4, 0.5) is 0 Å². The summed E-state index contributed by atoms with van der Waals surface area (Å²) in [6, 6.07) is 0. The Labute approximate surface area is 148 Å². The highest BCUT2D eigenvalue weighted by Gasteiger charge is 2.30. The molecule has 0 unspecified atom stereocenters. The van der Waals surface area contributed by atoms with Crippen molar-refractivity contribution >= 4 is 11.9 Å². The SMILES string of the molecule is CC(C)(C)CC(C)(C)OC(=O)/C=C\C(=O)OC(C)(C)CC(C)(C)C. The fourth-order valence-electron chi connectivity index (χ4n) is 3.38. The Bertz CT molecular complexity index is 427. The molecule has 0 aliphatic heterocycles. The first-order valence-electron chi connectivity index (χ1n) is 8.55. The van der Waals surface area contributed by atoms with Gasteiger partial charge < -0.3 is 9.47 Å². The molecule has 0 aromatic rings. The fraction of sp³-hybridized carbons (Fsp3) is 0.800. The largest absolute Gasteiger partial charge is 0.456 e. The molecule has 0 radical (unpaired) electrons. The number of esters is 2. The Morgan fingerprint density at radius 3 is 1.08 bits per heavy atom. The van der Waals surface area contributed by atoms with E-state index in [4.69, 9.17) is 9.47 Å². The Morgan fingerprint density at radius 1 is 0.625 bits per heavy atom. The van der Waals surface area contributed by atoms with Crippen molar-refractivity contribution in [3.63, 3.8) is 0 Å². The molecule has 0 aromatic carbocycles. The standard InChI is InChI=1S/C20H36O4/c1-17(2,3)13-19(7,8)23-15(21)11-12-16(22)24-20(9,10)14-18(4,5)6/h11-12H,13-14H2,1-10H3/b12-11-. The molecule has 0 saturated carbocycles. The van der Waals surface area contributed by atoms with Crippen molar-refractivity contribution in [2.75, 3.05) is 0 Å². The molecular formula is C20H36O4. The summed E-state index contributed by atoms with van der Waals surface area (Å²) in [5, 5.41) is 0. The molecule has 0 rings (SSSR count). The second-order valence-electron chi connectivity index (χ2n) is 10.2. The molecular weight excluding hydrogens is 304 g/mol. The number of ether oxygens (including phenoxy) is 2. The highest BCUT2D eigenvalue weighted by Crippen LogP contribution is 2.30. The van der Waals surface area contributed by atoms with Gasteiger partial charge in [-0.25, -0.2) is 9.59 Å². The van der Waals surface area contributed by atoms with Crippen LogP contribution in [0.15, 0.2) is 12.2 Å². The summed E-state index contributed by atoms with van der Waals surface area (Å²) in [5.74, 6) is -1.07. The Kier molecular flexibility index (Phi) is 7.29. The number of rotatable bonds is 6. The molecule has 4 heteroatoms. The highest BCUT2D eigenvalue weighted by atomic mass is 16.6. The average molecular weight is 341 g/mol. The predicted molar refractivity (Wildman–Crippen MR) is 97.6 cm³/mol. The molecule has 0 aliphatic rings. The minimum atomic E-state index is -0.588. The first kappa shape index (κ1) is 22.7. The smallest absolute Gasteiger partial charge is 0.331 e. The van der Waals surface area contributed by atoms with Crippen LogP contribution in [0.5, 0.6) is 0 Å². The monoisotopic (exact) mass is 340 g/mol. The van der Waals surface area contributed by atoms with E-state index in [0.717, 1.165) is 25.0 Å². The summed E-state index contributed by atoms with van der Waals surface area (Å²) >= 11 is 0. The predicted octanol–water partition coefficient (Wildman–Crippen LogP) is 5.06. The molecule has 0 heterocycles. The minimum Gasteiger partial charge on any atom is -0.456 e. The van der Waals surface area contributed by atoms with E-state index in [1.165, 1.54) is 0 Å². The van der Waals surface area contributed by atoms with Crippen LogP contribution >= 0.6 is 0 Å². The van der Waals surface area contributed by atoms with Crippen LogP contribution in [0.1, 0.15) is 82.1 Å². The molecule has 0 amide bonds. The summed E-state index contributed by atoms with van der Waals surface area (Å²) in [5.41, 5.74) is -1.09. The lowest BCUT2D eigenvalue weighted by molar-refractivity contribution is -0.155. The molecule has 0 fully saturated rings. The third kappa shape index (κ3) is 12.1. The molecule has 4 nitrogen and oxygen atoms in total. The van der Waals surface area contributed by atoms with Gasteiger partial charge in [0.2, 0.25) is 0 Å². The van der Waals surface area contributed by atoms with E-state index in [0.29, 0.717) is 0 Å². The van der Waals surface area contributed by atoms with Gasteiger partial charge in [0.1, 0.15) is 11.2 Å². The van der Waals surface area contributed by atoms with Crippen molar-refractivity contribution in [2.24, 2.45) is 10.8 Å². The maximum absolute atomic E-state index is 11.9. The first-order valence-corrected chi connectivity index (χ1v) is 8.55. The number of carbonyl (C=O) groups is 2. The third-order valence-corrected chi connectivity index (χ3v) is 3.02. The van der Waals surface area contributed by atoms with Gasteiger partial charge in [-0.15, -0.1) is 0 Å². The Hall–Kier alpha value is -1.32. The topological polar surface area (TPSA) is 52.6 Å². The molecule has 0 saturated heterocycles. The molecule has 0 N–H and O–H groups in total. The van der Waals surface area contributed by atoms with Gasteiger partial charge in [-0.3, -0.25) is 0 Å². The zero-order valence-electron chi connectivity index (χ0n) is 17.2. The lowest BCUT2D eigenvalue weighted by Crippen LogP contribution is -2.33. The highest BCUT2D eigenvalue weighted by molar-refractivity contribution is 5.92. The zero-order valence-corrected chi connectivity index (χ0v) is 17.2. The van der Waals surface area contributed by atoms with Crippen molar-refractivity contribution in [3.05, 3.63) is 12.2 Å². The van der Waals surface area contributed by atoms with Crippen LogP contribution in [0.2, 0.25) is 0 Å². The van der Waals surface area contributed by atoms with E-state index < -0.39 is 23.1 Å². The van der Waals surface area contributed by atoms with Gasteiger partial charge in [0.25, 0.3) is 0 Å². The van der Waals surface area contributed by atoms with Gasteiger partial charge in [0, 0.05) is 12.2 Å². The molecule has 0 atom stereocenters. The lowest BCUT2D eigenvalue weighted by Gasteiger charge is -2.32. The summed E-state index contributed by atoms with van der Waals surface area (Å²) < 4.78 is 10.9. The van der Waals surface area contributed by atoms with E-state index >= 15 is 0 Å². The summed E-state index contributed by atoms with van der Waals surface area (Å²) in [6.45, 7) is 20.0. The van der Waals surface area contributed by atoms with E-state index in [1.807, 2.05) is 27.7 Å². The molecule has 24 heavy (non-hydrogen) atoms. The van der Waals surface area contributed by atoms with Crippen LogP contribution in [-0.2, 0) is 19.1 Å². The first-order chi connectivity index (χ1) is 10.4. The molecule has 140 valence electrons. The van der Waals surface area contributed by atoms with Gasteiger partial charge in [-0.1, -0.05) is 41.5 Å². The van der Waals surface area contributed by atoms with E-state index in [9.17, 15) is 9.59 Å². The molecule has 0 aromatic heterocycles. The van der Waals surface area contributed by atoms with Crippen LogP contribution in [-0.4, -0.2) is 23.1 Å². The van der Waals surface area contributed by atoms with Gasteiger partial charge >= 0.3 is 11.9 Å². The quantitative estimate of drug-likeness (QED) is 0.501. The summed E-state index contributed by atoms with van der Waals surface area (Å²) in [6.07, 6.45) is 3.73. The normalized spacial score (nSPS) is 13.9. The maximum atomic E-state index is 11.9. The van der Waals surface area contributed by atoms with Crippen LogP contribution in [0.25, 0.3) is 0 Å². The van der Waals surface area contributed by atoms with E-state index in [2.05, 4.69) is 41.5 Å². The van der Waals surface area contributed by atoms with Crippen LogP contribution in [0.3, 0.4) is 0 Å². The van der Waals surface area contributed by atoms with E-state index in [-0.39, 0.29) is 10.8 Å². The van der Waals surface area contributed by atoms with Gasteiger partial charge in [0.05, 0.1) is 0 Å².